The molecule has 31 heavy (non-hydrogen) atoms. The van der Waals surface area contributed by atoms with Gasteiger partial charge in [-0.15, -0.1) is 12.6 Å². The Balaban J connectivity index is 1.37. The molecule has 1 aromatic rings. The number of nitrogens with two attached hydrogens (primary N) is 1. The zero-order valence-corrected chi connectivity index (χ0v) is 18.9. The van der Waals surface area contributed by atoms with Crippen LogP contribution in [0, 0.1) is 23.2 Å². The van der Waals surface area contributed by atoms with E-state index in [-0.39, 0.29) is 52.8 Å². The minimum absolute atomic E-state index is 0.00348. The molecular formula is C21H32N4O5S. The van der Waals surface area contributed by atoms with E-state index in [1.807, 2.05) is 0 Å². The number of carbonyl (C=O) groups is 2. The lowest BCUT2D eigenvalue weighted by Gasteiger charge is -2.58. The molecule has 4 saturated carbocycles. The maximum atomic E-state index is 12.9. The van der Waals surface area contributed by atoms with Crippen molar-refractivity contribution in [3.05, 3.63) is 5.76 Å². The Labute approximate surface area is 187 Å². The molecular weight excluding hydrogens is 420 g/mol. The minimum atomic E-state index is -0.822. The van der Waals surface area contributed by atoms with Crippen LogP contribution in [0.15, 0.2) is 9.42 Å². The molecule has 0 aliphatic heterocycles. The molecule has 0 radical (unpaired) electrons. The van der Waals surface area contributed by atoms with Gasteiger partial charge < -0.3 is 30.7 Å². The van der Waals surface area contributed by atoms with Crippen molar-refractivity contribution in [2.24, 2.45) is 28.9 Å². The molecule has 0 aromatic carbocycles. The zero-order valence-electron chi connectivity index (χ0n) is 18.0. The van der Waals surface area contributed by atoms with Gasteiger partial charge in [0, 0.05) is 19.1 Å². The van der Waals surface area contributed by atoms with E-state index in [4.69, 9.17) is 15.0 Å². The summed E-state index contributed by atoms with van der Waals surface area (Å²) in [6, 6.07) is 0.0247. The number of ether oxygens (including phenoxy) is 1. The van der Waals surface area contributed by atoms with E-state index < -0.39 is 11.0 Å². The molecule has 2 unspecified atom stereocenters. The van der Waals surface area contributed by atoms with Gasteiger partial charge in [-0.3, -0.25) is 9.59 Å². The normalized spacial score (nSPS) is 31.5. The Morgan fingerprint density at radius 3 is 2.61 bits per heavy atom. The van der Waals surface area contributed by atoms with Crippen molar-refractivity contribution in [2.45, 2.75) is 62.5 Å². The number of hydrogen-bond donors (Lipinski definition) is 5. The number of nitrogens with zero attached hydrogens (tertiary/aromatic N) is 1. The summed E-state index contributed by atoms with van der Waals surface area (Å²) in [5.41, 5.74) is 4.04. The van der Waals surface area contributed by atoms with Crippen LogP contribution < -0.4 is 21.1 Å². The minimum Gasteiger partial charge on any atom is -0.474 e. The standard InChI is InChI=1S/C21H32N4O5S/c1-20(2,19(27)23-4-3-22)10-29-18-16(31)15(30-25-18)17(26)24-14-12-5-11-6-13(14)9-21(28,7-11)8-12/h11-14,28,31H,3-10,22H2,1-2H3,(H,23,27)(H,24,26). The van der Waals surface area contributed by atoms with E-state index in [0.29, 0.717) is 19.0 Å². The predicted molar refractivity (Wildman–Crippen MR) is 115 cm³/mol. The average molecular weight is 453 g/mol. The van der Waals surface area contributed by atoms with Gasteiger partial charge in [-0.1, -0.05) is 0 Å². The number of aliphatic hydroxyl groups is 1. The second kappa shape index (κ2) is 8.29. The van der Waals surface area contributed by atoms with Crippen LogP contribution in [0.25, 0.3) is 0 Å². The van der Waals surface area contributed by atoms with Crippen LogP contribution in [0.4, 0.5) is 0 Å². The second-order valence-corrected chi connectivity index (χ2v) is 10.5. The van der Waals surface area contributed by atoms with Gasteiger partial charge in [0.1, 0.15) is 11.5 Å². The fraction of sp³-hybridized carbons (Fsp3) is 0.762. The lowest BCUT2D eigenvalue weighted by atomic mass is 9.52. The molecule has 2 atom stereocenters. The monoisotopic (exact) mass is 452 g/mol. The van der Waals surface area contributed by atoms with Crippen LogP contribution in [-0.4, -0.2) is 53.4 Å². The molecule has 4 aliphatic rings. The predicted octanol–water partition coefficient (Wildman–Crippen LogP) is 1.11. The quantitative estimate of drug-likeness (QED) is 0.372. The summed E-state index contributed by atoms with van der Waals surface area (Å²) < 4.78 is 10.9. The highest BCUT2D eigenvalue weighted by Gasteiger charge is 2.55. The number of carbonyl (C=O) groups excluding carboxylic acids is 2. The van der Waals surface area contributed by atoms with Gasteiger partial charge in [0.05, 0.1) is 11.0 Å². The van der Waals surface area contributed by atoms with Crippen LogP contribution in [0.5, 0.6) is 5.88 Å². The maximum absolute atomic E-state index is 12.9. The van der Waals surface area contributed by atoms with Crippen LogP contribution in [0.2, 0.25) is 0 Å². The molecule has 5 rings (SSSR count). The van der Waals surface area contributed by atoms with E-state index in [2.05, 4.69) is 28.4 Å². The number of thiol groups is 1. The summed E-state index contributed by atoms with van der Waals surface area (Å²) in [7, 11) is 0. The summed E-state index contributed by atoms with van der Waals surface area (Å²) in [4.78, 5) is 25.3. The average Bonchev–Trinajstić information content (AvgIpc) is 3.06. The summed E-state index contributed by atoms with van der Waals surface area (Å²) in [6.07, 6.45) is 4.47. The van der Waals surface area contributed by atoms with E-state index in [9.17, 15) is 14.7 Å². The fourth-order valence-electron chi connectivity index (χ4n) is 5.69. The van der Waals surface area contributed by atoms with E-state index >= 15 is 0 Å². The smallest absolute Gasteiger partial charge is 0.291 e. The molecule has 4 bridgehead atoms. The molecule has 10 heteroatoms. The first-order valence-electron chi connectivity index (χ1n) is 10.9. The van der Waals surface area contributed by atoms with Crippen molar-refractivity contribution >= 4 is 24.4 Å². The van der Waals surface area contributed by atoms with Crippen molar-refractivity contribution in [3.63, 3.8) is 0 Å². The Hall–Kier alpha value is -1.78. The highest BCUT2D eigenvalue weighted by molar-refractivity contribution is 7.80. The van der Waals surface area contributed by atoms with Crippen molar-refractivity contribution in [2.75, 3.05) is 19.7 Å². The topological polar surface area (TPSA) is 140 Å². The van der Waals surface area contributed by atoms with Gasteiger partial charge in [0.25, 0.3) is 11.8 Å². The van der Waals surface area contributed by atoms with E-state index in [1.54, 1.807) is 13.8 Å². The maximum Gasteiger partial charge on any atom is 0.291 e. The summed E-state index contributed by atoms with van der Waals surface area (Å²) >= 11 is 4.37. The second-order valence-electron chi connectivity index (χ2n) is 10.1. The van der Waals surface area contributed by atoms with Crippen molar-refractivity contribution in [3.8, 4) is 5.88 Å². The van der Waals surface area contributed by atoms with E-state index in [1.165, 1.54) is 0 Å². The SMILES string of the molecule is CC(C)(COc1noc(C(=O)NC2C3CC4CC2CC(O)(C4)C3)c1S)C(=O)NCCN. The Kier molecular flexibility index (Phi) is 5.99. The van der Waals surface area contributed by atoms with Gasteiger partial charge >= 0.3 is 0 Å². The zero-order chi connectivity index (χ0) is 22.4. The largest absolute Gasteiger partial charge is 0.474 e. The van der Waals surface area contributed by atoms with Gasteiger partial charge in [-0.05, 0) is 68.9 Å². The highest BCUT2D eigenvalue weighted by Crippen LogP contribution is 2.55. The summed E-state index contributed by atoms with van der Waals surface area (Å²) in [5, 5.41) is 20.4. The fourth-order valence-corrected chi connectivity index (χ4v) is 5.94. The molecule has 172 valence electrons. The molecule has 4 aliphatic carbocycles. The number of rotatable bonds is 8. The summed E-state index contributed by atoms with van der Waals surface area (Å²) in [5.74, 6) is 0.640. The van der Waals surface area contributed by atoms with E-state index in [0.717, 1.165) is 32.1 Å². The van der Waals surface area contributed by atoms with Gasteiger partial charge in [-0.2, -0.15) is 0 Å². The highest BCUT2D eigenvalue weighted by atomic mass is 32.1. The number of amides is 2. The van der Waals surface area contributed by atoms with Crippen LogP contribution in [0.3, 0.4) is 0 Å². The molecule has 4 fully saturated rings. The Morgan fingerprint density at radius 1 is 1.32 bits per heavy atom. The molecule has 1 aromatic heterocycles. The lowest BCUT2D eigenvalue weighted by Crippen LogP contribution is -2.61. The van der Waals surface area contributed by atoms with Crippen molar-refractivity contribution in [1.29, 1.82) is 0 Å². The van der Waals surface area contributed by atoms with Gasteiger partial charge in [0.15, 0.2) is 0 Å². The number of hydrogen-bond acceptors (Lipinski definition) is 8. The number of aromatic nitrogens is 1. The molecule has 9 nitrogen and oxygen atoms in total. The third kappa shape index (κ3) is 4.42. The van der Waals surface area contributed by atoms with Crippen LogP contribution >= 0.6 is 12.6 Å². The Bertz CT molecular complexity index is 841. The van der Waals surface area contributed by atoms with Crippen molar-refractivity contribution < 1.29 is 24.0 Å². The molecule has 0 spiro atoms. The first-order valence-corrected chi connectivity index (χ1v) is 11.4. The van der Waals surface area contributed by atoms with Crippen molar-refractivity contribution in [1.82, 2.24) is 15.8 Å². The third-order valence-corrected chi connectivity index (χ3v) is 7.39. The van der Waals surface area contributed by atoms with Crippen LogP contribution in [0.1, 0.15) is 56.5 Å². The first-order chi connectivity index (χ1) is 14.6. The molecule has 2 amide bonds. The van der Waals surface area contributed by atoms with Gasteiger partial charge in [-0.25, -0.2) is 0 Å². The first kappa shape index (κ1) is 22.4. The molecule has 0 saturated heterocycles. The summed E-state index contributed by atoms with van der Waals surface area (Å²) in [6.45, 7) is 4.26. The number of nitrogens with one attached hydrogen (secondary N) is 2. The lowest BCUT2D eigenvalue weighted by molar-refractivity contribution is -0.137. The van der Waals surface area contributed by atoms with Gasteiger partial charge in [0.2, 0.25) is 11.7 Å². The molecule has 1 heterocycles. The Morgan fingerprint density at radius 2 is 2.00 bits per heavy atom. The molecule has 5 N–H and O–H groups in total. The van der Waals surface area contributed by atoms with Crippen LogP contribution in [-0.2, 0) is 4.79 Å². The third-order valence-electron chi connectivity index (χ3n) is 7.00.